The Morgan fingerprint density at radius 3 is 2.53 bits per heavy atom. The van der Waals surface area contributed by atoms with Gasteiger partial charge in [0.05, 0.1) is 18.6 Å². The smallest absolute Gasteiger partial charge is 0.229 e. The van der Waals surface area contributed by atoms with Crippen molar-refractivity contribution in [2.45, 2.75) is 25.7 Å². The summed E-state index contributed by atoms with van der Waals surface area (Å²) in [7, 11) is 1.90. The third kappa shape index (κ3) is 3.84. The normalized spacial score (nSPS) is 20.4. The Morgan fingerprint density at radius 2 is 1.85 bits per heavy atom. The maximum Gasteiger partial charge on any atom is 0.229 e. The van der Waals surface area contributed by atoms with Crippen LogP contribution in [0.2, 0.25) is 0 Å². The summed E-state index contributed by atoms with van der Waals surface area (Å²) >= 11 is 0. The molecule has 1 saturated carbocycles. The molecular formula is C26H32N6O2. The summed E-state index contributed by atoms with van der Waals surface area (Å²) in [5, 5.41) is 4.42. The number of hydrogen-bond acceptors (Lipinski definition) is 6. The maximum atomic E-state index is 13.2. The van der Waals surface area contributed by atoms with Crippen molar-refractivity contribution in [3.05, 3.63) is 36.7 Å². The summed E-state index contributed by atoms with van der Waals surface area (Å²) in [5.74, 6) is 1.33. The lowest BCUT2D eigenvalue weighted by Crippen LogP contribution is -2.55. The van der Waals surface area contributed by atoms with E-state index >= 15 is 0 Å². The first-order valence-corrected chi connectivity index (χ1v) is 12.4. The Kier molecular flexibility index (Phi) is 5.50. The number of ether oxygens (including phenoxy) is 1. The lowest BCUT2D eigenvalue weighted by atomic mass is 9.67. The van der Waals surface area contributed by atoms with Crippen LogP contribution in [0.5, 0.6) is 0 Å². The number of H-pyrrole nitrogens is 1. The van der Waals surface area contributed by atoms with Crippen LogP contribution in [-0.2, 0) is 9.53 Å². The molecule has 1 amide bonds. The van der Waals surface area contributed by atoms with Gasteiger partial charge in [-0.25, -0.2) is 9.97 Å². The van der Waals surface area contributed by atoms with E-state index < -0.39 is 0 Å². The van der Waals surface area contributed by atoms with Crippen molar-refractivity contribution in [3.8, 4) is 11.3 Å². The summed E-state index contributed by atoms with van der Waals surface area (Å²) < 4.78 is 5.49. The van der Waals surface area contributed by atoms with Gasteiger partial charge in [-0.05, 0) is 54.9 Å². The van der Waals surface area contributed by atoms with Gasteiger partial charge in [-0.1, -0.05) is 12.1 Å². The molecule has 2 aliphatic heterocycles. The molecule has 3 fully saturated rings. The van der Waals surface area contributed by atoms with E-state index in [4.69, 9.17) is 4.74 Å². The summed E-state index contributed by atoms with van der Waals surface area (Å²) in [5.41, 5.74) is 4.30. The van der Waals surface area contributed by atoms with E-state index in [1.54, 1.807) is 6.33 Å². The first-order chi connectivity index (χ1) is 16.6. The molecule has 0 atom stereocenters. The minimum atomic E-state index is 0.141. The Labute approximate surface area is 199 Å². The second-order valence-corrected chi connectivity index (χ2v) is 10.1. The highest BCUT2D eigenvalue weighted by molar-refractivity contribution is 5.95. The van der Waals surface area contributed by atoms with Gasteiger partial charge in [-0.2, -0.15) is 0 Å². The Bertz CT molecular complexity index is 1170. The molecule has 1 aromatic carbocycles. The molecule has 8 nitrogen and oxygen atoms in total. The highest BCUT2D eigenvalue weighted by atomic mass is 16.5. The number of benzene rings is 1. The van der Waals surface area contributed by atoms with Crippen molar-refractivity contribution in [1.29, 1.82) is 0 Å². The number of aromatic nitrogens is 3. The predicted octanol–water partition coefficient (Wildman–Crippen LogP) is 3.20. The summed E-state index contributed by atoms with van der Waals surface area (Å²) in [6.07, 6.45) is 5.96. The molecule has 2 saturated heterocycles. The number of nitrogens with one attached hydrogen (secondary N) is 2. The van der Waals surface area contributed by atoms with Gasteiger partial charge < -0.3 is 24.8 Å². The minimum absolute atomic E-state index is 0.141. The Balaban J connectivity index is 1.18. The van der Waals surface area contributed by atoms with Crippen molar-refractivity contribution in [1.82, 2.24) is 20.3 Å². The largest absolute Gasteiger partial charge is 0.378 e. The first kappa shape index (κ1) is 21.6. The number of nitrogens with zero attached hydrogens (tertiary/aromatic N) is 4. The molecule has 6 rings (SSSR count). The molecule has 0 bridgehead atoms. The molecule has 8 heteroatoms. The van der Waals surface area contributed by atoms with E-state index in [9.17, 15) is 4.79 Å². The second kappa shape index (κ2) is 8.67. The number of morpholine rings is 1. The Morgan fingerprint density at radius 1 is 1.12 bits per heavy atom. The summed E-state index contributed by atoms with van der Waals surface area (Å²) in [4.78, 5) is 29.7. The SMILES string of the molecule is CN(C(=O)C1CCC2(CC1)CNC2)c1ccc(-c2cc3c(N4CCOCC4)ncnc3[nH]2)cc1. The quantitative estimate of drug-likeness (QED) is 0.622. The van der Waals surface area contributed by atoms with Crippen molar-refractivity contribution >= 4 is 28.4 Å². The topological polar surface area (TPSA) is 86.4 Å². The number of carbonyl (C=O) groups excluding carboxylic acids is 1. The van der Waals surface area contributed by atoms with Crippen molar-refractivity contribution < 1.29 is 9.53 Å². The lowest BCUT2D eigenvalue weighted by molar-refractivity contribution is -0.124. The third-order valence-corrected chi connectivity index (χ3v) is 8.01. The van der Waals surface area contributed by atoms with Gasteiger partial charge >= 0.3 is 0 Å². The van der Waals surface area contributed by atoms with Crippen LogP contribution >= 0.6 is 0 Å². The molecule has 1 aliphatic carbocycles. The number of carbonyl (C=O) groups is 1. The van der Waals surface area contributed by atoms with E-state index in [1.165, 1.54) is 12.8 Å². The van der Waals surface area contributed by atoms with Crippen LogP contribution in [0, 0.1) is 11.3 Å². The van der Waals surface area contributed by atoms with Gasteiger partial charge in [0, 0.05) is 50.5 Å². The number of hydrogen-bond donors (Lipinski definition) is 2. The molecule has 3 aromatic rings. The van der Waals surface area contributed by atoms with Crippen molar-refractivity contribution in [2.24, 2.45) is 11.3 Å². The molecule has 3 aliphatic rings. The van der Waals surface area contributed by atoms with E-state index in [2.05, 4.69) is 43.4 Å². The van der Waals surface area contributed by atoms with Crippen molar-refractivity contribution in [3.63, 3.8) is 0 Å². The molecular weight excluding hydrogens is 428 g/mol. The first-order valence-electron chi connectivity index (χ1n) is 12.4. The number of aromatic amines is 1. The number of rotatable bonds is 4. The number of amides is 1. The fourth-order valence-corrected chi connectivity index (χ4v) is 5.68. The average Bonchev–Trinajstić information content (AvgIpc) is 3.32. The summed E-state index contributed by atoms with van der Waals surface area (Å²) in [6.45, 7) is 5.35. The van der Waals surface area contributed by atoms with Crippen LogP contribution in [0.1, 0.15) is 25.7 Å². The van der Waals surface area contributed by atoms with E-state index in [1.807, 2.05) is 24.1 Å². The van der Waals surface area contributed by atoms with Gasteiger partial charge in [-0.3, -0.25) is 4.79 Å². The molecule has 0 unspecified atom stereocenters. The molecule has 4 heterocycles. The van der Waals surface area contributed by atoms with E-state index in [0.29, 0.717) is 5.41 Å². The monoisotopic (exact) mass is 460 g/mol. The van der Waals surface area contributed by atoms with E-state index in [-0.39, 0.29) is 11.8 Å². The molecule has 2 N–H and O–H groups in total. The highest BCUT2D eigenvalue weighted by Crippen LogP contribution is 2.42. The third-order valence-electron chi connectivity index (χ3n) is 8.01. The second-order valence-electron chi connectivity index (χ2n) is 10.1. The highest BCUT2D eigenvalue weighted by Gasteiger charge is 2.42. The van der Waals surface area contributed by atoms with Crippen LogP contribution in [0.25, 0.3) is 22.3 Å². The van der Waals surface area contributed by atoms with Gasteiger partial charge in [0.2, 0.25) is 5.91 Å². The van der Waals surface area contributed by atoms with Crippen LogP contribution in [-0.4, -0.2) is 67.3 Å². The minimum Gasteiger partial charge on any atom is -0.378 e. The standard InChI is InChI=1S/C26H32N6O2/c1-31(25(33)19-6-8-26(9-7-19)15-27-16-26)20-4-2-18(3-5-20)22-14-21-23(30-22)28-17-29-24(21)32-10-12-34-13-11-32/h2-5,14,17,19,27H,6-13,15-16H2,1H3,(H,28,29,30). The fourth-order valence-electron chi connectivity index (χ4n) is 5.68. The molecule has 1 spiro atoms. The average molecular weight is 461 g/mol. The zero-order valence-electron chi connectivity index (χ0n) is 19.7. The molecule has 2 aromatic heterocycles. The summed E-state index contributed by atoms with van der Waals surface area (Å²) in [6, 6.07) is 10.3. The van der Waals surface area contributed by atoms with Crippen LogP contribution < -0.4 is 15.1 Å². The number of fused-ring (bicyclic) bond motifs is 1. The zero-order chi connectivity index (χ0) is 23.1. The van der Waals surface area contributed by atoms with Gasteiger partial charge in [0.25, 0.3) is 0 Å². The fraction of sp³-hybridized carbons (Fsp3) is 0.500. The Hall–Kier alpha value is -2.97. The van der Waals surface area contributed by atoms with E-state index in [0.717, 1.165) is 86.0 Å². The lowest BCUT2D eigenvalue weighted by Gasteiger charge is -2.47. The van der Waals surface area contributed by atoms with Gasteiger partial charge in [0.1, 0.15) is 17.8 Å². The van der Waals surface area contributed by atoms with Gasteiger partial charge in [0.15, 0.2) is 0 Å². The predicted molar refractivity (Wildman–Crippen MR) is 133 cm³/mol. The van der Waals surface area contributed by atoms with Gasteiger partial charge in [-0.15, -0.1) is 0 Å². The van der Waals surface area contributed by atoms with Crippen LogP contribution in [0.3, 0.4) is 0 Å². The molecule has 178 valence electrons. The van der Waals surface area contributed by atoms with Crippen LogP contribution in [0.15, 0.2) is 36.7 Å². The molecule has 0 radical (unpaired) electrons. The maximum absolute atomic E-state index is 13.2. The number of anilines is 2. The van der Waals surface area contributed by atoms with Crippen LogP contribution in [0.4, 0.5) is 11.5 Å². The van der Waals surface area contributed by atoms with Crippen molar-refractivity contribution in [2.75, 3.05) is 56.2 Å². The zero-order valence-corrected chi connectivity index (χ0v) is 19.7. The molecule has 34 heavy (non-hydrogen) atoms.